The average molecular weight is 445 g/mol. The first-order chi connectivity index (χ1) is 14.7. The van der Waals surface area contributed by atoms with Gasteiger partial charge in [0.25, 0.3) is 5.56 Å². The molecule has 0 unspecified atom stereocenters. The highest BCUT2D eigenvalue weighted by Gasteiger charge is 2.23. The predicted octanol–water partition coefficient (Wildman–Crippen LogP) is 3.35. The van der Waals surface area contributed by atoms with Gasteiger partial charge in [-0.3, -0.25) is 9.36 Å². The topological polar surface area (TPSA) is 48.6 Å². The van der Waals surface area contributed by atoms with Crippen molar-refractivity contribution in [2.75, 3.05) is 32.5 Å². The Labute approximate surface area is 186 Å². The van der Waals surface area contributed by atoms with Crippen LogP contribution in [0.3, 0.4) is 0 Å². The molecule has 1 N–H and O–H groups in total. The molecule has 0 spiro atoms. The number of ether oxygens (including phenoxy) is 1. The average Bonchev–Trinajstić information content (AvgIpc) is 3.15. The third kappa shape index (κ3) is 4.15. The van der Waals surface area contributed by atoms with E-state index >= 15 is 0 Å². The number of thiophene rings is 1. The molecule has 2 aromatic heterocycles. The Morgan fingerprint density at radius 3 is 2.60 bits per heavy atom. The van der Waals surface area contributed by atoms with Crippen molar-refractivity contribution in [3.05, 3.63) is 45.1 Å². The molecule has 0 atom stereocenters. The van der Waals surface area contributed by atoms with Gasteiger partial charge in [-0.05, 0) is 69.4 Å². The van der Waals surface area contributed by atoms with Crippen LogP contribution < -0.4 is 15.2 Å². The molecule has 0 aliphatic heterocycles. The molecule has 4 rings (SSSR count). The Balaban J connectivity index is 1.79. The van der Waals surface area contributed by atoms with Crippen LogP contribution in [0.5, 0.6) is 5.75 Å². The molecule has 2 heterocycles. The van der Waals surface area contributed by atoms with Gasteiger partial charge in [0.05, 0.1) is 43.6 Å². The molecule has 0 saturated heterocycles. The number of thioether (sulfide) groups is 1. The number of benzene rings is 1. The van der Waals surface area contributed by atoms with Crippen LogP contribution in [0.4, 0.5) is 0 Å². The van der Waals surface area contributed by atoms with Crippen molar-refractivity contribution in [3.63, 3.8) is 0 Å². The highest BCUT2D eigenvalue weighted by atomic mass is 32.2. The first-order valence-electron chi connectivity index (χ1n) is 10.8. The summed E-state index contributed by atoms with van der Waals surface area (Å²) in [7, 11) is 1.66. The van der Waals surface area contributed by atoms with Crippen LogP contribution >= 0.6 is 23.1 Å². The Hall–Kier alpha value is -1.83. The second kappa shape index (κ2) is 9.54. The molecule has 0 amide bonds. The van der Waals surface area contributed by atoms with Crippen LogP contribution in [0.15, 0.2) is 34.2 Å². The summed E-state index contributed by atoms with van der Waals surface area (Å²) >= 11 is 3.42. The molecule has 160 valence electrons. The van der Waals surface area contributed by atoms with Gasteiger partial charge < -0.3 is 9.64 Å². The van der Waals surface area contributed by atoms with E-state index in [2.05, 4.69) is 13.8 Å². The molecule has 0 fully saturated rings. The van der Waals surface area contributed by atoms with E-state index in [1.807, 2.05) is 28.8 Å². The zero-order chi connectivity index (χ0) is 21.1. The Morgan fingerprint density at radius 1 is 1.17 bits per heavy atom. The third-order valence-corrected chi connectivity index (χ3v) is 8.10. The Morgan fingerprint density at radius 2 is 1.90 bits per heavy atom. The van der Waals surface area contributed by atoms with Gasteiger partial charge >= 0.3 is 0 Å². The molecule has 30 heavy (non-hydrogen) atoms. The number of quaternary nitrogens is 1. The van der Waals surface area contributed by atoms with Gasteiger partial charge in [0, 0.05) is 4.88 Å². The van der Waals surface area contributed by atoms with E-state index in [0.29, 0.717) is 0 Å². The molecule has 0 radical (unpaired) electrons. The zero-order valence-electron chi connectivity index (χ0n) is 18.0. The predicted molar refractivity (Wildman–Crippen MR) is 126 cm³/mol. The van der Waals surface area contributed by atoms with Crippen LogP contribution in [0.1, 0.15) is 37.1 Å². The molecule has 3 aromatic rings. The maximum atomic E-state index is 13.7. The van der Waals surface area contributed by atoms with Gasteiger partial charge in [-0.15, -0.1) is 11.3 Å². The summed E-state index contributed by atoms with van der Waals surface area (Å²) < 4.78 is 7.12. The maximum absolute atomic E-state index is 13.7. The minimum absolute atomic E-state index is 0.0715. The van der Waals surface area contributed by atoms with Crippen LogP contribution in [0.25, 0.3) is 15.9 Å². The first-order valence-corrected chi connectivity index (χ1v) is 12.6. The van der Waals surface area contributed by atoms with E-state index in [0.717, 1.165) is 71.5 Å². The maximum Gasteiger partial charge on any atom is 0.267 e. The number of nitrogens with one attached hydrogen (secondary N) is 1. The van der Waals surface area contributed by atoms with E-state index in [1.54, 1.807) is 35.1 Å². The molecule has 5 nitrogen and oxygen atoms in total. The minimum Gasteiger partial charge on any atom is -0.497 e. The number of nitrogens with zero attached hydrogens (tertiary/aromatic N) is 2. The highest BCUT2D eigenvalue weighted by molar-refractivity contribution is 7.99. The van der Waals surface area contributed by atoms with Gasteiger partial charge in [0.2, 0.25) is 0 Å². The molecule has 0 saturated carbocycles. The summed E-state index contributed by atoms with van der Waals surface area (Å²) in [6.45, 7) is 7.74. The molecule has 1 aliphatic rings. The number of methoxy groups -OCH3 is 1. The summed E-state index contributed by atoms with van der Waals surface area (Å²) in [4.78, 5) is 22.6. The van der Waals surface area contributed by atoms with Gasteiger partial charge in [0.15, 0.2) is 5.16 Å². The number of aryl methyl sites for hydroxylation is 2. The molecule has 1 aliphatic carbocycles. The SMILES string of the molecule is CC[NH+](CC)CCSc1nc2sc3c(c2c(=O)n1-c1ccc(OC)cc1)CCCC3. The fraction of sp³-hybridized carbons (Fsp3) is 0.478. The molecule has 0 bridgehead atoms. The summed E-state index contributed by atoms with van der Waals surface area (Å²) in [6, 6.07) is 7.71. The molecular weight excluding hydrogens is 414 g/mol. The quantitative estimate of drug-likeness (QED) is 0.428. The van der Waals surface area contributed by atoms with E-state index in [9.17, 15) is 4.79 Å². The monoisotopic (exact) mass is 444 g/mol. The van der Waals surface area contributed by atoms with E-state index in [1.165, 1.54) is 16.9 Å². The highest BCUT2D eigenvalue weighted by Crippen LogP contribution is 2.35. The molecular formula is C23H30N3O2S2+. The van der Waals surface area contributed by atoms with Gasteiger partial charge in [-0.1, -0.05) is 11.8 Å². The summed E-state index contributed by atoms with van der Waals surface area (Å²) in [5, 5.41) is 1.63. The second-order valence-electron chi connectivity index (χ2n) is 7.68. The lowest BCUT2D eigenvalue weighted by Crippen LogP contribution is -3.11. The van der Waals surface area contributed by atoms with Crippen molar-refractivity contribution in [1.29, 1.82) is 0 Å². The minimum atomic E-state index is 0.0715. The van der Waals surface area contributed by atoms with Crippen molar-refractivity contribution < 1.29 is 9.64 Å². The van der Waals surface area contributed by atoms with Crippen molar-refractivity contribution in [2.24, 2.45) is 0 Å². The van der Waals surface area contributed by atoms with E-state index < -0.39 is 0 Å². The Kier molecular flexibility index (Phi) is 6.80. The van der Waals surface area contributed by atoms with Crippen LogP contribution in [0, 0.1) is 0 Å². The smallest absolute Gasteiger partial charge is 0.267 e. The third-order valence-electron chi connectivity index (χ3n) is 5.98. The van der Waals surface area contributed by atoms with E-state index in [-0.39, 0.29) is 5.56 Å². The number of aromatic nitrogens is 2. The van der Waals surface area contributed by atoms with Crippen LogP contribution in [0.2, 0.25) is 0 Å². The normalized spacial score (nSPS) is 13.7. The van der Waals surface area contributed by atoms with Crippen LogP contribution in [-0.2, 0) is 12.8 Å². The number of hydrogen-bond acceptors (Lipinski definition) is 5. The van der Waals surface area contributed by atoms with E-state index in [4.69, 9.17) is 9.72 Å². The van der Waals surface area contributed by atoms with Crippen LogP contribution in [-0.4, -0.2) is 42.0 Å². The van der Waals surface area contributed by atoms with Gasteiger partial charge in [-0.2, -0.15) is 0 Å². The van der Waals surface area contributed by atoms with Crippen molar-refractivity contribution >= 4 is 33.3 Å². The lowest BCUT2D eigenvalue weighted by molar-refractivity contribution is -0.893. The van der Waals surface area contributed by atoms with Crippen molar-refractivity contribution in [1.82, 2.24) is 9.55 Å². The van der Waals surface area contributed by atoms with Crippen molar-refractivity contribution in [2.45, 2.75) is 44.7 Å². The fourth-order valence-electron chi connectivity index (χ4n) is 4.13. The number of hydrogen-bond donors (Lipinski definition) is 1. The lowest BCUT2D eigenvalue weighted by atomic mass is 9.97. The molecule has 1 aromatic carbocycles. The standard InChI is InChI=1S/C23H29N3O2S2/c1-4-25(5-2)14-15-29-23-24-21-20(18-8-6-7-9-19(18)30-21)22(27)26(23)16-10-12-17(28-3)13-11-16/h10-13H,4-9,14-15H2,1-3H3/p+1. The summed E-state index contributed by atoms with van der Waals surface area (Å²) in [6.07, 6.45) is 4.43. The lowest BCUT2D eigenvalue weighted by Gasteiger charge is -2.16. The Bertz CT molecular complexity index is 1070. The van der Waals surface area contributed by atoms with Crippen molar-refractivity contribution in [3.8, 4) is 11.4 Å². The number of fused-ring (bicyclic) bond motifs is 3. The second-order valence-corrected chi connectivity index (χ2v) is 9.83. The first kappa shape index (κ1) is 21.4. The zero-order valence-corrected chi connectivity index (χ0v) is 19.6. The summed E-state index contributed by atoms with van der Waals surface area (Å²) in [5.74, 6) is 1.73. The molecule has 7 heteroatoms. The van der Waals surface area contributed by atoms with Gasteiger partial charge in [-0.25, -0.2) is 4.98 Å². The fourth-order valence-corrected chi connectivity index (χ4v) is 6.49. The van der Waals surface area contributed by atoms with Gasteiger partial charge in [0.1, 0.15) is 10.6 Å². The number of rotatable bonds is 8. The summed E-state index contributed by atoms with van der Waals surface area (Å²) in [5.41, 5.74) is 2.16. The largest absolute Gasteiger partial charge is 0.497 e.